The summed E-state index contributed by atoms with van der Waals surface area (Å²) in [6.45, 7) is 0.0414. The van der Waals surface area contributed by atoms with Crippen LogP contribution in [0.4, 0.5) is 4.39 Å². The highest BCUT2D eigenvalue weighted by molar-refractivity contribution is 8.00. The van der Waals surface area contributed by atoms with Gasteiger partial charge in [-0.25, -0.2) is 9.18 Å². The molecule has 1 amide bonds. The van der Waals surface area contributed by atoms with Crippen LogP contribution in [0.3, 0.4) is 0 Å². The maximum Gasteiger partial charge on any atom is 0.326 e. The van der Waals surface area contributed by atoms with Crippen molar-refractivity contribution in [2.45, 2.75) is 23.5 Å². The molecule has 2 N–H and O–H groups in total. The minimum absolute atomic E-state index is 0.0414. The first-order valence-corrected chi connectivity index (χ1v) is 7.04. The number of hydrogen-bond donors (Lipinski definition) is 2. The Bertz CT molecular complexity index is 508. The molecule has 1 heterocycles. The fraction of sp³-hybridized carbons (Fsp3) is 0.385. The number of nitrogens with zero attached hydrogens (tertiary/aromatic N) is 1. The van der Waals surface area contributed by atoms with Crippen LogP contribution in [0.25, 0.3) is 0 Å². The van der Waals surface area contributed by atoms with Gasteiger partial charge >= 0.3 is 5.97 Å². The van der Waals surface area contributed by atoms with Crippen molar-refractivity contribution in [2.24, 2.45) is 0 Å². The number of carbonyl (C=O) groups is 2. The molecule has 108 valence electrons. The van der Waals surface area contributed by atoms with E-state index in [4.69, 9.17) is 5.11 Å². The highest BCUT2D eigenvalue weighted by atomic mass is 32.2. The quantitative estimate of drug-likeness (QED) is 0.810. The van der Waals surface area contributed by atoms with E-state index in [2.05, 4.69) is 0 Å². The van der Waals surface area contributed by atoms with Crippen LogP contribution in [0, 0.1) is 5.82 Å². The Balaban J connectivity index is 1.94. The maximum absolute atomic E-state index is 12.7. The predicted octanol–water partition coefficient (Wildman–Crippen LogP) is 0.964. The summed E-state index contributed by atoms with van der Waals surface area (Å²) in [7, 11) is 0. The third-order valence-electron chi connectivity index (χ3n) is 3.06. The van der Waals surface area contributed by atoms with Crippen molar-refractivity contribution in [3.05, 3.63) is 30.1 Å². The van der Waals surface area contributed by atoms with Gasteiger partial charge in [0, 0.05) is 17.9 Å². The molecule has 1 aromatic rings. The molecule has 1 aliphatic heterocycles. The van der Waals surface area contributed by atoms with E-state index in [0.717, 1.165) is 4.90 Å². The number of carbonyl (C=O) groups excluding carboxylic acids is 1. The minimum Gasteiger partial charge on any atom is -0.480 e. The Morgan fingerprint density at radius 1 is 1.35 bits per heavy atom. The smallest absolute Gasteiger partial charge is 0.326 e. The average molecular weight is 299 g/mol. The van der Waals surface area contributed by atoms with E-state index in [-0.39, 0.29) is 30.4 Å². The lowest BCUT2D eigenvalue weighted by Gasteiger charge is -2.20. The molecular formula is C13H14FNO4S. The maximum atomic E-state index is 12.7. The summed E-state index contributed by atoms with van der Waals surface area (Å²) in [5.74, 6) is -1.75. The summed E-state index contributed by atoms with van der Waals surface area (Å²) in [5.41, 5.74) is 0. The van der Waals surface area contributed by atoms with Crippen molar-refractivity contribution < 1.29 is 24.2 Å². The second-order valence-electron chi connectivity index (χ2n) is 4.53. The number of hydrogen-bond acceptors (Lipinski definition) is 4. The highest BCUT2D eigenvalue weighted by Crippen LogP contribution is 2.23. The number of amides is 1. The van der Waals surface area contributed by atoms with E-state index < -0.39 is 18.1 Å². The van der Waals surface area contributed by atoms with Crippen molar-refractivity contribution in [3.63, 3.8) is 0 Å². The molecule has 0 radical (unpaired) electrons. The molecule has 0 saturated carbocycles. The largest absolute Gasteiger partial charge is 0.480 e. The van der Waals surface area contributed by atoms with Crippen LogP contribution < -0.4 is 0 Å². The van der Waals surface area contributed by atoms with Crippen molar-refractivity contribution in [2.75, 3.05) is 12.3 Å². The molecule has 20 heavy (non-hydrogen) atoms. The number of aliphatic carboxylic acids is 1. The molecule has 1 fully saturated rings. The SMILES string of the molecule is O=C(O)C1CC(O)CN1C(=O)CSc1ccc(F)cc1. The van der Waals surface area contributed by atoms with Gasteiger partial charge in [0.15, 0.2) is 0 Å². The van der Waals surface area contributed by atoms with E-state index in [1.54, 1.807) is 12.1 Å². The Labute approximate surface area is 119 Å². The van der Waals surface area contributed by atoms with Crippen LogP contribution in [0.2, 0.25) is 0 Å². The van der Waals surface area contributed by atoms with Gasteiger partial charge in [-0.3, -0.25) is 4.79 Å². The topological polar surface area (TPSA) is 77.8 Å². The molecule has 1 aliphatic rings. The van der Waals surface area contributed by atoms with Gasteiger partial charge in [-0.1, -0.05) is 0 Å². The van der Waals surface area contributed by atoms with Crippen LogP contribution in [0.1, 0.15) is 6.42 Å². The normalized spacial score (nSPS) is 22.0. The third kappa shape index (κ3) is 3.49. The lowest BCUT2D eigenvalue weighted by atomic mass is 10.2. The summed E-state index contributed by atoms with van der Waals surface area (Å²) in [5, 5.41) is 18.5. The fourth-order valence-corrected chi connectivity index (χ4v) is 2.87. The molecule has 0 bridgehead atoms. The molecule has 2 unspecified atom stereocenters. The molecule has 0 aliphatic carbocycles. The first-order valence-electron chi connectivity index (χ1n) is 6.06. The minimum atomic E-state index is -1.11. The van der Waals surface area contributed by atoms with Crippen molar-refractivity contribution >= 4 is 23.6 Å². The summed E-state index contributed by atoms with van der Waals surface area (Å²) in [6, 6.07) is 4.74. The second-order valence-corrected chi connectivity index (χ2v) is 5.58. The van der Waals surface area contributed by atoms with Crippen LogP contribution in [0.15, 0.2) is 29.2 Å². The van der Waals surface area contributed by atoms with E-state index in [9.17, 15) is 19.1 Å². The van der Waals surface area contributed by atoms with Gasteiger partial charge in [0.1, 0.15) is 11.9 Å². The van der Waals surface area contributed by atoms with Gasteiger partial charge < -0.3 is 15.1 Å². The zero-order valence-electron chi connectivity index (χ0n) is 10.5. The number of benzene rings is 1. The monoisotopic (exact) mass is 299 g/mol. The van der Waals surface area contributed by atoms with E-state index >= 15 is 0 Å². The number of carboxylic acid groups (broad SMARTS) is 1. The Morgan fingerprint density at radius 2 is 2.00 bits per heavy atom. The number of aliphatic hydroxyl groups is 1. The Hall–Kier alpha value is -1.60. The molecule has 2 atom stereocenters. The number of likely N-dealkylation sites (tertiary alicyclic amines) is 1. The van der Waals surface area contributed by atoms with Gasteiger partial charge in [-0.15, -0.1) is 11.8 Å². The number of halogens is 1. The summed E-state index contributed by atoms with van der Waals surface area (Å²) >= 11 is 1.21. The summed E-state index contributed by atoms with van der Waals surface area (Å²) < 4.78 is 12.7. The molecule has 5 nitrogen and oxygen atoms in total. The van der Waals surface area contributed by atoms with Gasteiger partial charge in [0.05, 0.1) is 11.9 Å². The van der Waals surface area contributed by atoms with E-state index in [1.165, 1.54) is 28.8 Å². The Morgan fingerprint density at radius 3 is 2.60 bits per heavy atom. The van der Waals surface area contributed by atoms with Crippen LogP contribution in [0.5, 0.6) is 0 Å². The average Bonchev–Trinajstić information content (AvgIpc) is 2.80. The molecule has 7 heteroatoms. The lowest BCUT2D eigenvalue weighted by Crippen LogP contribution is -2.41. The number of β-amino-alcohol motifs (C(OH)–C–C–N with tert-alkyl or cyclic N) is 1. The number of aliphatic hydroxyl groups excluding tert-OH is 1. The molecule has 1 saturated heterocycles. The summed E-state index contributed by atoms with van der Waals surface area (Å²) in [4.78, 5) is 24.9. The van der Waals surface area contributed by atoms with Gasteiger partial charge in [0.25, 0.3) is 0 Å². The first-order chi connectivity index (χ1) is 9.47. The zero-order valence-corrected chi connectivity index (χ0v) is 11.3. The van der Waals surface area contributed by atoms with Crippen molar-refractivity contribution in [3.8, 4) is 0 Å². The standard InChI is InChI=1S/C13H14FNO4S/c14-8-1-3-10(4-2-8)20-7-12(17)15-6-9(16)5-11(15)13(18)19/h1-4,9,11,16H,5-7H2,(H,18,19). The molecule has 0 spiro atoms. The molecule has 1 aromatic carbocycles. The lowest BCUT2D eigenvalue weighted by molar-refractivity contribution is -0.147. The van der Waals surface area contributed by atoms with Crippen LogP contribution in [-0.4, -0.2) is 51.4 Å². The van der Waals surface area contributed by atoms with Gasteiger partial charge in [0.2, 0.25) is 5.91 Å². The molecule has 0 aromatic heterocycles. The number of carboxylic acids is 1. The predicted molar refractivity (Wildman–Crippen MR) is 70.9 cm³/mol. The van der Waals surface area contributed by atoms with Gasteiger partial charge in [-0.05, 0) is 24.3 Å². The van der Waals surface area contributed by atoms with Crippen molar-refractivity contribution in [1.29, 1.82) is 0 Å². The Kier molecular flexibility index (Phi) is 4.61. The first kappa shape index (κ1) is 14.8. The van der Waals surface area contributed by atoms with E-state index in [1.807, 2.05) is 0 Å². The zero-order chi connectivity index (χ0) is 14.7. The molecule has 2 rings (SSSR count). The van der Waals surface area contributed by atoms with E-state index in [0.29, 0.717) is 0 Å². The molecular weight excluding hydrogens is 285 g/mol. The highest BCUT2D eigenvalue weighted by Gasteiger charge is 2.38. The van der Waals surface area contributed by atoms with Crippen LogP contribution >= 0.6 is 11.8 Å². The van der Waals surface area contributed by atoms with Crippen LogP contribution in [-0.2, 0) is 9.59 Å². The number of rotatable bonds is 4. The fourth-order valence-electron chi connectivity index (χ4n) is 2.08. The second kappa shape index (κ2) is 6.23. The van der Waals surface area contributed by atoms with Crippen molar-refractivity contribution in [1.82, 2.24) is 4.90 Å². The van der Waals surface area contributed by atoms with Gasteiger partial charge in [-0.2, -0.15) is 0 Å². The third-order valence-corrected chi connectivity index (χ3v) is 4.06. The number of thioether (sulfide) groups is 1. The summed E-state index contributed by atoms with van der Waals surface area (Å²) in [6.07, 6.45) is -0.738.